The SMILES string of the molecule is CC(C)=CCOc1cccc2ccc(N)nc12. The highest BCUT2D eigenvalue weighted by molar-refractivity contribution is 5.85. The van der Waals surface area contributed by atoms with Crippen LogP contribution >= 0.6 is 0 Å². The molecule has 88 valence electrons. The number of rotatable bonds is 3. The van der Waals surface area contributed by atoms with Gasteiger partial charge in [0.2, 0.25) is 0 Å². The van der Waals surface area contributed by atoms with Crippen molar-refractivity contribution in [1.29, 1.82) is 0 Å². The number of aromatic nitrogens is 1. The molecule has 2 N–H and O–H groups in total. The van der Waals surface area contributed by atoms with Crippen molar-refractivity contribution in [3.05, 3.63) is 42.0 Å². The fourth-order valence-corrected chi connectivity index (χ4v) is 1.55. The highest BCUT2D eigenvalue weighted by Gasteiger charge is 2.03. The van der Waals surface area contributed by atoms with E-state index in [2.05, 4.69) is 4.98 Å². The van der Waals surface area contributed by atoms with E-state index in [0.29, 0.717) is 12.4 Å². The zero-order valence-corrected chi connectivity index (χ0v) is 10.1. The fourth-order valence-electron chi connectivity index (χ4n) is 1.55. The van der Waals surface area contributed by atoms with E-state index in [-0.39, 0.29) is 0 Å². The lowest BCUT2D eigenvalue weighted by molar-refractivity contribution is 0.365. The number of fused-ring (bicyclic) bond motifs is 1. The Kier molecular flexibility index (Phi) is 3.28. The highest BCUT2D eigenvalue weighted by Crippen LogP contribution is 2.24. The summed E-state index contributed by atoms with van der Waals surface area (Å²) in [5, 5.41) is 1.04. The molecule has 0 fully saturated rings. The quantitative estimate of drug-likeness (QED) is 0.821. The van der Waals surface area contributed by atoms with Gasteiger partial charge in [0, 0.05) is 5.39 Å². The van der Waals surface area contributed by atoms with Crippen LogP contribution in [0.3, 0.4) is 0 Å². The molecule has 1 aromatic heterocycles. The van der Waals surface area contributed by atoms with E-state index in [1.54, 1.807) is 6.07 Å². The van der Waals surface area contributed by atoms with Crippen molar-refractivity contribution in [2.75, 3.05) is 12.3 Å². The van der Waals surface area contributed by atoms with Crippen molar-refractivity contribution in [1.82, 2.24) is 4.98 Å². The van der Waals surface area contributed by atoms with Crippen molar-refractivity contribution >= 4 is 16.7 Å². The summed E-state index contributed by atoms with van der Waals surface area (Å²) >= 11 is 0. The number of nitrogens with two attached hydrogens (primary N) is 1. The average molecular weight is 228 g/mol. The van der Waals surface area contributed by atoms with Crippen LogP contribution in [0.25, 0.3) is 10.9 Å². The van der Waals surface area contributed by atoms with Crippen LogP contribution in [0.1, 0.15) is 13.8 Å². The number of benzene rings is 1. The van der Waals surface area contributed by atoms with Gasteiger partial charge < -0.3 is 10.5 Å². The molecular formula is C14H16N2O. The van der Waals surface area contributed by atoms with E-state index in [1.165, 1.54) is 5.57 Å². The fraction of sp³-hybridized carbons (Fsp3) is 0.214. The molecule has 1 aromatic carbocycles. The predicted octanol–water partition coefficient (Wildman–Crippen LogP) is 3.16. The smallest absolute Gasteiger partial charge is 0.146 e. The summed E-state index contributed by atoms with van der Waals surface area (Å²) in [6.07, 6.45) is 2.03. The number of hydrogen-bond acceptors (Lipinski definition) is 3. The maximum absolute atomic E-state index is 5.69. The third-order valence-electron chi connectivity index (χ3n) is 2.44. The predicted molar refractivity (Wildman–Crippen MR) is 71.1 cm³/mol. The van der Waals surface area contributed by atoms with E-state index in [0.717, 1.165) is 16.7 Å². The maximum Gasteiger partial charge on any atom is 0.146 e. The number of pyridine rings is 1. The second-order valence-corrected chi connectivity index (χ2v) is 4.16. The number of nitrogen functional groups attached to an aromatic ring is 1. The van der Waals surface area contributed by atoms with Gasteiger partial charge in [-0.25, -0.2) is 4.98 Å². The van der Waals surface area contributed by atoms with Crippen molar-refractivity contribution in [3.8, 4) is 5.75 Å². The van der Waals surface area contributed by atoms with Gasteiger partial charge in [-0.05, 0) is 38.1 Å². The molecule has 0 aliphatic heterocycles. The van der Waals surface area contributed by atoms with E-state index >= 15 is 0 Å². The Hall–Kier alpha value is -2.03. The highest BCUT2D eigenvalue weighted by atomic mass is 16.5. The molecule has 0 unspecified atom stereocenters. The van der Waals surface area contributed by atoms with Crippen LogP contribution in [0.15, 0.2) is 42.0 Å². The number of hydrogen-bond donors (Lipinski definition) is 1. The van der Waals surface area contributed by atoms with Gasteiger partial charge in [0.05, 0.1) is 0 Å². The molecule has 0 radical (unpaired) electrons. The number of ether oxygens (including phenoxy) is 1. The second kappa shape index (κ2) is 4.87. The third-order valence-corrected chi connectivity index (χ3v) is 2.44. The summed E-state index contributed by atoms with van der Waals surface area (Å²) in [6, 6.07) is 9.61. The van der Waals surface area contributed by atoms with Gasteiger partial charge >= 0.3 is 0 Å². The summed E-state index contributed by atoms with van der Waals surface area (Å²) in [7, 11) is 0. The summed E-state index contributed by atoms with van der Waals surface area (Å²) in [6.45, 7) is 4.64. The Balaban J connectivity index is 2.33. The Bertz CT molecular complexity index is 557. The zero-order chi connectivity index (χ0) is 12.3. The Morgan fingerprint density at radius 1 is 1.29 bits per heavy atom. The number of nitrogens with zero attached hydrogens (tertiary/aromatic N) is 1. The summed E-state index contributed by atoms with van der Waals surface area (Å²) in [4.78, 5) is 4.31. The maximum atomic E-state index is 5.69. The summed E-state index contributed by atoms with van der Waals surface area (Å²) < 4.78 is 5.69. The van der Waals surface area contributed by atoms with Gasteiger partial charge in [-0.3, -0.25) is 0 Å². The first-order chi connectivity index (χ1) is 8.16. The molecule has 0 atom stereocenters. The molecule has 0 saturated carbocycles. The molecule has 1 heterocycles. The van der Waals surface area contributed by atoms with Crippen LogP contribution in [0.4, 0.5) is 5.82 Å². The lowest BCUT2D eigenvalue weighted by Gasteiger charge is -2.07. The van der Waals surface area contributed by atoms with Crippen LogP contribution < -0.4 is 10.5 Å². The van der Waals surface area contributed by atoms with Crippen LogP contribution in [0.2, 0.25) is 0 Å². The first-order valence-corrected chi connectivity index (χ1v) is 5.58. The first kappa shape index (κ1) is 11.5. The summed E-state index contributed by atoms with van der Waals surface area (Å²) in [5.41, 5.74) is 7.74. The Morgan fingerprint density at radius 3 is 2.88 bits per heavy atom. The van der Waals surface area contributed by atoms with Crippen LogP contribution in [-0.4, -0.2) is 11.6 Å². The lowest BCUT2D eigenvalue weighted by Crippen LogP contribution is -1.97. The second-order valence-electron chi connectivity index (χ2n) is 4.16. The Morgan fingerprint density at radius 2 is 2.12 bits per heavy atom. The molecule has 0 spiro atoms. The monoisotopic (exact) mass is 228 g/mol. The summed E-state index contributed by atoms with van der Waals surface area (Å²) in [5.74, 6) is 1.28. The van der Waals surface area contributed by atoms with Gasteiger partial charge in [0.15, 0.2) is 0 Å². The number of anilines is 1. The average Bonchev–Trinajstić information content (AvgIpc) is 2.29. The molecule has 2 aromatic rings. The number of para-hydroxylation sites is 1. The zero-order valence-electron chi connectivity index (χ0n) is 10.1. The molecule has 0 amide bonds. The molecular weight excluding hydrogens is 212 g/mol. The van der Waals surface area contributed by atoms with Crippen molar-refractivity contribution in [3.63, 3.8) is 0 Å². The molecule has 3 heteroatoms. The van der Waals surface area contributed by atoms with Crippen LogP contribution in [0.5, 0.6) is 5.75 Å². The van der Waals surface area contributed by atoms with Crippen molar-refractivity contribution in [2.24, 2.45) is 0 Å². The number of allylic oxidation sites excluding steroid dienone is 1. The van der Waals surface area contributed by atoms with Gasteiger partial charge in [-0.2, -0.15) is 0 Å². The third kappa shape index (κ3) is 2.75. The van der Waals surface area contributed by atoms with Crippen molar-refractivity contribution in [2.45, 2.75) is 13.8 Å². The van der Waals surface area contributed by atoms with Crippen LogP contribution in [-0.2, 0) is 0 Å². The molecule has 0 aliphatic carbocycles. The van der Waals surface area contributed by atoms with E-state index in [9.17, 15) is 0 Å². The normalized spacial score (nSPS) is 10.2. The lowest BCUT2D eigenvalue weighted by atomic mass is 10.2. The largest absolute Gasteiger partial charge is 0.487 e. The minimum Gasteiger partial charge on any atom is -0.487 e. The molecule has 17 heavy (non-hydrogen) atoms. The molecule has 3 nitrogen and oxygen atoms in total. The van der Waals surface area contributed by atoms with Gasteiger partial charge in [0.25, 0.3) is 0 Å². The first-order valence-electron chi connectivity index (χ1n) is 5.58. The minimum atomic E-state index is 0.510. The van der Waals surface area contributed by atoms with E-state index in [1.807, 2.05) is 44.2 Å². The minimum absolute atomic E-state index is 0.510. The molecule has 0 aliphatic rings. The van der Waals surface area contributed by atoms with Crippen molar-refractivity contribution < 1.29 is 4.74 Å². The van der Waals surface area contributed by atoms with Gasteiger partial charge in [-0.1, -0.05) is 17.7 Å². The van der Waals surface area contributed by atoms with Crippen LogP contribution in [0, 0.1) is 0 Å². The molecule has 0 saturated heterocycles. The topological polar surface area (TPSA) is 48.1 Å². The van der Waals surface area contributed by atoms with E-state index < -0.39 is 0 Å². The van der Waals surface area contributed by atoms with Gasteiger partial charge in [-0.15, -0.1) is 0 Å². The molecule has 2 rings (SSSR count). The Labute approximate surface area is 101 Å². The van der Waals surface area contributed by atoms with Gasteiger partial charge in [0.1, 0.15) is 23.7 Å². The molecule has 0 bridgehead atoms. The standard InChI is InChI=1S/C14H16N2O/c1-10(2)8-9-17-12-5-3-4-11-6-7-13(15)16-14(11)12/h3-8H,9H2,1-2H3,(H2,15,16). The van der Waals surface area contributed by atoms with E-state index in [4.69, 9.17) is 10.5 Å².